The van der Waals surface area contributed by atoms with E-state index >= 15 is 0 Å². The molecule has 1 unspecified atom stereocenters. The van der Waals surface area contributed by atoms with Gasteiger partial charge in [-0.2, -0.15) is 0 Å². The molecule has 1 amide bonds. The molecular formula is C28H26N4O5S3. The molecule has 5 rings (SSSR count). The summed E-state index contributed by atoms with van der Waals surface area (Å²) in [5.41, 5.74) is 2.17. The van der Waals surface area contributed by atoms with E-state index < -0.39 is 23.5 Å². The van der Waals surface area contributed by atoms with Crippen molar-refractivity contribution < 1.29 is 24.2 Å². The lowest BCUT2D eigenvalue weighted by Crippen LogP contribution is -2.31. The number of thiazole rings is 1. The largest absolute Gasteiger partial charge is 0.503 e. The smallest absolute Gasteiger partial charge is 0.296 e. The van der Waals surface area contributed by atoms with Gasteiger partial charge in [0.15, 0.2) is 21.6 Å². The highest BCUT2D eigenvalue weighted by Gasteiger charge is 2.47. The summed E-state index contributed by atoms with van der Waals surface area (Å²) in [5, 5.41) is 20.7. The highest BCUT2D eigenvalue weighted by atomic mass is 32.2. The van der Waals surface area contributed by atoms with Crippen LogP contribution in [0.4, 0.5) is 5.13 Å². The molecule has 0 aliphatic carbocycles. The fourth-order valence-electron chi connectivity index (χ4n) is 4.42. The van der Waals surface area contributed by atoms with Crippen LogP contribution < -0.4 is 14.4 Å². The van der Waals surface area contributed by atoms with Gasteiger partial charge in [0.1, 0.15) is 0 Å². The summed E-state index contributed by atoms with van der Waals surface area (Å²) in [6.45, 7) is 5.84. The monoisotopic (exact) mass is 594 g/mol. The second kappa shape index (κ2) is 11.8. The lowest BCUT2D eigenvalue weighted by molar-refractivity contribution is -0.117. The molecule has 9 nitrogen and oxygen atoms in total. The van der Waals surface area contributed by atoms with Crippen LogP contribution in [-0.2, 0) is 10.5 Å². The van der Waals surface area contributed by atoms with Crippen molar-refractivity contribution in [1.82, 2.24) is 15.2 Å². The zero-order valence-electron chi connectivity index (χ0n) is 22.2. The summed E-state index contributed by atoms with van der Waals surface area (Å²) in [7, 11) is 1.52. The van der Waals surface area contributed by atoms with Crippen LogP contribution in [0.5, 0.6) is 11.5 Å². The number of hydrogen-bond acceptors (Lipinski definition) is 11. The predicted molar refractivity (Wildman–Crippen MR) is 156 cm³/mol. The first-order chi connectivity index (χ1) is 19.3. The van der Waals surface area contributed by atoms with Crippen molar-refractivity contribution in [2.75, 3.05) is 18.6 Å². The number of thioether (sulfide) groups is 1. The number of methoxy groups -OCH3 is 1. The van der Waals surface area contributed by atoms with Crippen LogP contribution in [0, 0.1) is 13.8 Å². The fourth-order valence-corrected chi connectivity index (χ4v) is 7.12. The van der Waals surface area contributed by atoms with E-state index in [1.54, 1.807) is 32.0 Å². The molecule has 1 aliphatic rings. The van der Waals surface area contributed by atoms with E-state index in [1.165, 1.54) is 46.4 Å². The molecule has 0 saturated carbocycles. The maximum absolute atomic E-state index is 13.9. The third kappa shape index (κ3) is 5.34. The highest BCUT2D eigenvalue weighted by molar-refractivity contribution is 8.00. The number of ether oxygens (including phenoxy) is 2. The number of carbonyl (C=O) groups is 2. The summed E-state index contributed by atoms with van der Waals surface area (Å²) < 4.78 is 11.9. The Kier molecular flexibility index (Phi) is 8.19. The highest BCUT2D eigenvalue weighted by Crippen LogP contribution is 2.46. The molecule has 1 N–H and O–H groups in total. The Labute approximate surface area is 243 Å². The van der Waals surface area contributed by atoms with Crippen LogP contribution in [0.3, 0.4) is 0 Å². The number of aliphatic hydroxyl groups excluding tert-OH is 1. The van der Waals surface area contributed by atoms with Gasteiger partial charge in [-0.3, -0.25) is 14.5 Å². The van der Waals surface area contributed by atoms with Crippen molar-refractivity contribution in [3.8, 4) is 11.5 Å². The van der Waals surface area contributed by atoms with Gasteiger partial charge in [-0.15, -0.1) is 21.5 Å². The van der Waals surface area contributed by atoms with Gasteiger partial charge >= 0.3 is 0 Å². The fraction of sp³-hybridized carbons (Fsp3) is 0.250. The van der Waals surface area contributed by atoms with E-state index in [9.17, 15) is 14.7 Å². The predicted octanol–water partition coefficient (Wildman–Crippen LogP) is 6.09. The van der Waals surface area contributed by atoms with Gasteiger partial charge in [0, 0.05) is 5.75 Å². The second-order valence-corrected chi connectivity index (χ2v) is 12.2. The Hall–Kier alpha value is -3.74. The summed E-state index contributed by atoms with van der Waals surface area (Å²) in [4.78, 5) is 33.5. The van der Waals surface area contributed by atoms with Gasteiger partial charge in [0.25, 0.3) is 5.91 Å². The number of Topliss-reactive ketones (excluding diaryl/α,β-unsaturated/α-hetero) is 1. The molecule has 2 aromatic heterocycles. The number of aryl methyl sites for hydroxylation is 2. The quantitative estimate of drug-likeness (QED) is 0.132. The van der Waals surface area contributed by atoms with Gasteiger partial charge in [0.2, 0.25) is 10.9 Å². The lowest BCUT2D eigenvalue weighted by atomic mass is 9.95. The summed E-state index contributed by atoms with van der Waals surface area (Å²) in [6.07, 6.45) is 0. The summed E-state index contributed by atoms with van der Waals surface area (Å²) in [6, 6.07) is 14.2. The number of aromatic nitrogens is 3. The molecule has 206 valence electrons. The molecule has 0 saturated heterocycles. The minimum absolute atomic E-state index is 0.0448. The first-order valence-electron chi connectivity index (χ1n) is 12.4. The third-order valence-electron chi connectivity index (χ3n) is 6.17. The molecule has 0 bridgehead atoms. The number of ketones is 1. The molecule has 2 aromatic carbocycles. The lowest BCUT2D eigenvalue weighted by Gasteiger charge is -2.24. The zero-order valence-corrected chi connectivity index (χ0v) is 24.7. The van der Waals surface area contributed by atoms with E-state index in [-0.39, 0.29) is 10.7 Å². The number of benzene rings is 2. The first-order valence-corrected chi connectivity index (χ1v) is 15.0. The molecule has 4 aromatic rings. The first kappa shape index (κ1) is 27.8. The van der Waals surface area contributed by atoms with Gasteiger partial charge < -0.3 is 14.6 Å². The van der Waals surface area contributed by atoms with Crippen molar-refractivity contribution in [3.63, 3.8) is 0 Å². The van der Waals surface area contributed by atoms with Crippen LogP contribution in [0.25, 0.3) is 0 Å². The molecule has 0 fully saturated rings. The van der Waals surface area contributed by atoms with E-state index in [0.717, 1.165) is 5.56 Å². The average molecular weight is 595 g/mol. The second-order valence-electron chi connectivity index (χ2n) is 8.78. The van der Waals surface area contributed by atoms with E-state index in [1.807, 2.05) is 37.3 Å². The van der Waals surface area contributed by atoms with Gasteiger partial charge in [0.05, 0.1) is 40.9 Å². The van der Waals surface area contributed by atoms with Crippen LogP contribution in [0.2, 0.25) is 0 Å². The topological polar surface area (TPSA) is 115 Å². The van der Waals surface area contributed by atoms with E-state index in [0.29, 0.717) is 49.3 Å². The van der Waals surface area contributed by atoms with E-state index in [2.05, 4.69) is 15.2 Å². The van der Waals surface area contributed by atoms with Crippen molar-refractivity contribution in [2.24, 2.45) is 0 Å². The maximum atomic E-state index is 13.9. The minimum Gasteiger partial charge on any atom is -0.503 e. The van der Waals surface area contributed by atoms with Crippen LogP contribution in [0.1, 0.15) is 44.5 Å². The SMILES string of the molecule is CCOc1ccc(C2C(C(=O)c3sc(C)nc3C)=C(O)C(=O)N2c2nnc(SCc3ccccc3)s2)cc1OC. The number of hydrogen-bond donors (Lipinski definition) is 1. The molecule has 12 heteroatoms. The number of carbonyl (C=O) groups excluding carboxylic acids is 2. The van der Waals surface area contributed by atoms with Crippen LogP contribution in [0.15, 0.2) is 64.2 Å². The molecule has 40 heavy (non-hydrogen) atoms. The number of aliphatic hydroxyl groups is 1. The number of rotatable bonds is 10. The van der Waals surface area contributed by atoms with Crippen LogP contribution in [-0.4, -0.2) is 45.7 Å². The molecule has 0 radical (unpaired) electrons. The third-order valence-corrected chi connectivity index (χ3v) is 9.37. The Balaban J connectivity index is 1.56. The number of amides is 1. The Bertz CT molecular complexity index is 1600. The zero-order chi connectivity index (χ0) is 28.4. The average Bonchev–Trinajstić information content (AvgIpc) is 3.63. The molecule has 0 spiro atoms. The molecule has 1 atom stereocenters. The van der Waals surface area contributed by atoms with E-state index in [4.69, 9.17) is 9.47 Å². The van der Waals surface area contributed by atoms with Crippen molar-refractivity contribution >= 4 is 51.3 Å². The van der Waals surface area contributed by atoms with Crippen molar-refractivity contribution in [2.45, 2.75) is 36.9 Å². The Morgan fingerprint density at radius 2 is 1.88 bits per heavy atom. The van der Waals surface area contributed by atoms with Gasteiger partial charge in [-0.1, -0.05) is 59.5 Å². The van der Waals surface area contributed by atoms with Crippen LogP contribution >= 0.6 is 34.4 Å². The number of nitrogens with zero attached hydrogens (tertiary/aromatic N) is 4. The Morgan fingerprint density at radius 1 is 1.10 bits per heavy atom. The van der Waals surface area contributed by atoms with Gasteiger partial charge in [-0.25, -0.2) is 4.98 Å². The van der Waals surface area contributed by atoms with Crippen molar-refractivity contribution in [1.29, 1.82) is 0 Å². The summed E-state index contributed by atoms with van der Waals surface area (Å²) >= 11 is 3.94. The molecular weight excluding hydrogens is 569 g/mol. The summed E-state index contributed by atoms with van der Waals surface area (Å²) in [5.74, 6) is -0.170. The number of anilines is 1. The van der Waals surface area contributed by atoms with Crippen molar-refractivity contribution in [3.05, 3.63) is 86.6 Å². The standard InChI is InChI=1S/C28H26N4O5S3/c1-5-37-19-12-11-18(13-20(19)36-4)22-21(23(33)25-15(2)29-16(3)39-25)24(34)26(35)32(22)27-30-31-28(40-27)38-14-17-9-7-6-8-10-17/h6-13,22,34H,5,14H2,1-4H3. The maximum Gasteiger partial charge on any atom is 0.296 e. The Morgan fingerprint density at radius 3 is 2.55 bits per heavy atom. The normalized spacial score (nSPS) is 15.2. The minimum atomic E-state index is -0.966. The molecule has 3 heterocycles. The molecule has 1 aliphatic heterocycles. The van der Waals surface area contributed by atoms with Gasteiger partial charge in [-0.05, 0) is 44.0 Å².